The first kappa shape index (κ1) is 27.9. The first-order chi connectivity index (χ1) is 16.0. The summed E-state index contributed by atoms with van der Waals surface area (Å²) < 4.78 is 27.0. The first-order valence-electron chi connectivity index (χ1n) is 10.7. The van der Waals surface area contributed by atoms with Gasteiger partial charge < -0.3 is 81.1 Å². The monoisotopic (exact) mass is 502 g/mol. The Morgan fingerprint density at radius 2 is 1.03 bits per heavy atom. The molecule has 0 saturated carbocycles. The quantitative estimate of drug-likeness (QED) is 0.154. The van der Waals surface area contributed by atoms with Gasteiger partial charge in [0.15, 0.2) is 18.9 Å². The Morgan fingerprint density at radius 1 is 0.529 bits per heavy atom. The van der Waals surface area contributed by atoms with Crippen molar-refractivity contribution >= 4 is 0 Å². The molecule has 0 radical (unpaired) electrons. The molecular formula is C18H34N2O14. The van der Waals surface area contributed by atoms with E-state index in [4.69, 9.17) is 35.2 Å². The van der Waals surface area contributed by atoms with Gasteiger partial charge in [0.05, 0.1) is 31.9 Å². The van der Waals surface area contributed by atoms with Crippen molar-refractivity contribution in [2.75, 3.05) is 19.8 Å². The summed E-state index contributed by atoms with van der Waals surface area (Å²) in [4.78, 5) is 0. The minimum Gasteiger partial charge on any atom is -0.394 e. The van der Waals surface area contributed by atoms with Crippen LogP contribution in [0.5, 0.6) is 0 Å². The van der Waals surface area contributed by atoms with Crippen LogP contribution in [0.1, 0.15) is 0 Å². The molecule has 34 heavy (non-hydrogen) atoms. The van der Waals surface area contributed by atoms with E-state index in [9.17, 15) is 46.0 Å². The molecule has 3 aliphatic rings. The van der Waals surface area contributed by atoms with Gasteiger partial charge in [-0.25, -0.2) is 0 Å². The van der Waals surface area contributed by atoms with Gasteiger partial charge in [-0.2, -0.15) is 0 Å². The highest BCUT2D eigenvalue weighted by Crippen LogP contribution is 2.31. The van der Waals surface area contributed by atoms with Crippen LogP contribution in [-0.2, 0) is 23.7 Å². The van der Waals surface area contributed by atoms with Gasteiger partial charge in [0.25, 0.3) is 0 Å². The van der Waals surface area contributed by atoms with Crippen molar-refractivity contribution in [2.45, 2.75) is 92.0 Å². The molecule has 0 spiro atoms. The SMILES string of the molecule is N[C@H]1[C@@H](O[C@H]2[C@H](O)[C@@H](O)[C@H](O[C@H]3[C@H](O)[C@@H](N)C(O)O[C@@H]3CO)O[C@H]2CO)O[C@H](CO)[C@@H](O)[C@@H]1O. The van der Waals surface area contributed by atoms with Crippen molar-refractivity contribution in [1.82, 2.24) is 0 Å². The summed E-state index contributed by atoms with van der Waals surface area (Å²) in [5.41, 5.74) is 11.5. The maximum atomic E-state index is 10.7. The van der Waals surface area contributed by atoms with E-state index in [0.29, 0.717) is 0 Å². The molecule has 16 heteroatoms. The Labute approximate surface area is 193 Å². The topological polar surface area (TPSA) is 280 Å². The largest absolute Gasteiger partial charge is 0.394 e. The maximum absolute atomic E-state index is 10.7. The van der Waals surface area contributed by atoms with E-state index in [1.54, 1.807) is 0 Å². The van der Waals surface area contributed by atoms with Crippen molar-refractivity contribution in [3.8, 4) is 0 Å². The third-order valence-corrected chi connectivity index (χ3v) is 6.25. The molecular weight excluding hydrogens is 468 g/mol. The van der Waals surface area contributed by atoms with Crippen molar-refractivity contribution in [3.05, 3.63) is 0 Å². The summed E-state index contributed by atoms with van der Waals surface area (Å²) in [6.07, 6.45) is -19.6. The number of aliphatic hydroxyl groups is 9. The van der Waals surface area contributed by atoms with E-state index in [0.717, 1.165) is 0 Å². The van der Waals surface area contributed by atoms with Gasteiger partial charge in [-0.3, -0.25) is 0 Å². The van der Waals surface area contributed by atoms with E-state index in [2.05, 4.69) is 0 Å². The molecule has 0 aromatic rings. The molecule has 15 atom stereocenters. The number of ether oxygens (including phenoxy) is 5. The van der Waals surface area contributed by atoms with E-state index >= 15 is 0 Å². The predicted molar refractivity (Wildman–Crippen MR) is 105 cm³/mol. The lowest BCUT2D eigenvalue weighted by Crippen LogP contribution is -2.68. The molecule has 1 unspecified atom stereocenters. The fourth-order valence-corrected chi connectivity index (χ4v) is 4.14. The molecule has 3 saturated heterocycles. The van der Waals surface area contributed by atoms with Crippen molar-refractivity contribution in [1.29, 1.82) is 0 Å². The molecule has 0 amide bonds. The van der Waals surface area contributed by atoms with Crippen LogP contribution in [-0.4, -0.2) is 158 Å². The summed E-state index contributed by atoms with van der Waals surface area (Å²) in [6, 6.07) is -2.63. The summed E-state index contributed by atoms with van der Waals surface area (Å²) >= 11 is 0. The average molecular weight is 502 g/mol. The summed E-state index contributed by atoms with van der Waals surface area (Å²) in [5, 5.41) is 89.9. The fourth-order valence-electron chi connectivity index (χ4n) is 4.14. The number of hydrogen-bond donors (Lipinski definition) is 11. The Hall–Kier alpha value is -0.640. The minimum atomic E-state index is -1.83. The number of rotatable bonds is 7. The van der Waals surface area contributed by atoms with Crippen LogP contribution in [0.15, 0.2) is 0 Å². The molecule has 200 valence electrons. The average Bonchev–Trinajstić information content (AvgIpc) is 2.83. The van der Waals surface area contributed by atoms with Gasteiger partial charge >= 0.3 is 0 Å². The minimum absolute atomic E-state index is 0.675. The third kappa shape index (κ3) is 5.37. The van der Waals surface area contributed by atoms with Crippen LogP contribution < -0.4 is 11.5 Å². The third-order valence-electron chi connectivity index (χ3n) is 6.25. The summed E-state index contributed by atoms with van der Waals surface area (Å²) in [7, 11) is 0. The van der Waals surface area contributed by atoms with Gasteiger partial charge in [0.1, 0.15) is 61.0 Å². The molecule has 3 fully saturated rings. The number of hydrogen-bond acceptors (Lipinski definition) is 16. The molecule has 3 rings (SSSR count). The zero-order valence-electron chi connectivity index (χ0n) is 18.0. The number of nitrogens with two attached hydrogens (primary N) is 2. The van der Waals surface area contributed by atoms with E-state index in [1.165, 1.54) is 0 Å². The molecule has 0 bridgehead atoms. The van der Waals surface area contributed by atoms with Crippen LogP contribution in [0.25, 0.3) is 0 Å². The Balaban J connectivity index is 1.72. The second-order valence-corrected chi connectivity index (χ2v) is 8.51. The Morgan fingerprint density at radius 3 is 1.62 bits per heavy atom. The predicted octanol–water partition coefficient (Wildman–Crippen LogP) is -7.64. The zero-order valence-corrected chi connectivity index (χ0v) is 18.0. The van der Waals surface area contributed by atoms with Crippen LogP contribution in [0, 0.1) is 0 Å². The van der Waals surface area contributed by atoms with E-state index in [-0.39, 0.29) is 0 Å². The van der Waals surface area contributed by atoms with Gasteiger partial charge in [0.2, 0.25) is 0 Å². The number of aliphatic hydroxyl groups excluding tert-OH is 9. The second kappa shape index (κ2) is 11.6. The van der Waals surface area contributed by atoms with Crippen molar-refractivity contribution in [3.63, 3.8) is 0 Å². The van der Waals surface area contributed by atoms with Gasteiger partial charge in [0, 0.05) is 0 Å². The summed E-state index contributed by atoms with van der Waals surface area (Å²) in [5.74, 6) is 0. The maximum Gasteiger partial charge on any atom is 0.187 e. The van der Waals surface area contributed by atoms with Crippen LogP contribution in [0.3, 0.4) is 0 Å². The Kier molecular flexibility index (Phi) is 9.54. The van der Waals surface area contributed by atoms with Crippen LogP contribution >= 0.6 is 0 Å². The van der Waals surface area contributed by atoms with Crippen molar-refractivity contribution in [2.24, 2.45) is 11.5 Å². The molecule has 0 aromatic carbocycles. The normalized spacial score (nSPS) is 52.5. The lowest BCUT2D eigenvalue weighted by atomic mass is 9.95. The lowest BCUT2D eigenvalue weighted by Gasteiger charge is -2.48. The first-order valence-corrected chi connectivity index (χ1v) is 10.7. The Bertz CT molecular complexity index is 644. The van der Waals surface area contributed by atoms with Gasteiger partial charge in [-0.05, 0) is 0 Å². The second-order valence-electron chi connectivity index (χ2n) is 8.51. The highest BCUT2D eigenvalue weighted by atomic mass is 16.7. The summed E-state index contributed by atoms with van der Waals surface area (Å²) in [6.45, 7) is -2.12. The molecule has 13 N–H and O–H groups in total. The van der Waals surface area contributed by atoms with Crippen LogP contribution in [0.2, 0.25) is 0 Å². The highest BCUT2D eigenvalue weighted by Gasteiger charge is 2.52. The van der Waals surface area contributed by atoms with Gasteiger partial charge in [-0.15, -0.1) is 0 Å². The van der Waals surface area contributed by atoms with Crippen LogP contribution in [0.4, 0.5) is 0 Å². The smallest absolute Gasteiger partial charge is 0.187 e. The molecule has 0 aromatic heterocycles. The molecule has 3 heterocycles. The molecule has 16 nitrogen and oxygen atoms in total. The standard InChI is InChI=1S/C18H34N2O14/c19-7-11(26)14(5(2-22)30-16(7)29)34-18-13(28)12(27)15(6(3-23)32-18)33-17-8(20)10(25)9(24)4(1-21)31-17/h4-18,21-29H,1-3,19-20H2/t4-,5-,6+,7-,8-,9-,10-,11-,12-,13-,14-,15-,16?,17-,18+/m1/s1. The highest BCUT2D eigenvalue weighted by molar-refractivity contribution is 4.97. The fraction of sp³-hybridized carbons (Fsp3) is 1.00. The van der Waals surface area contributed by atoms with Gasteiger partial charge in [-0.1, -0.05) is 0 Å². The zero-order chi connectivity index (χ0) is 25.3. The van der Waals surface area contributed by atoms with E-state index in [1.807, 2.05) is 0 Å². The molecule has 0 aliphatic carbocycles. The lowest BCUT2D eigenvalue weighted by molar-refractivity contribution is -0.365. The molecule has 3 aliphatic heterocycles. The van der Waals surface area contributed by atoms with Crippen molar-refractivity contribution < 1.29 is 69.6 Å². The van der Waals surface area contributed by atoms with E-state index < -0.39 is 112 Å².